The van der Waals surface area contributed by atoms with E-state index < -0.39 is 5.97 Å². The number of anilines is 1. The number of carbonyl (C=O) groups excluding carboxylic acids is 2. The van der Waals surface area contributed by atoms with Gasteiger partial charge in [0.15, 0.2) is 0 Å². The number of nitrogens with one attached hydrogen (secondary N) is 2. The lowest BCUT2D eigenvalue weighted by atomic mass is 10.0. The van der Waals surface area contributed by atoms with Gasteiger partial charge in [0, 0.05) is 29.9 Å². The number of likely N-dealkylation sites (N-methyl/N-ethyl adjacent to an activating group) is 1. The van der Waals surface area contributed by atoms with Crippen LogP contribution >= 0.6 is 11.3 Å². The highest BCUT2D eigenvalue weighted by atomic mass is 32.1. The molecule has 1 amide bonds. The molecule has 2 aromatic rings. The molecule has 3 rings (SSSR count). The molecular weight excluding hydrogens is 302 g/mol. The van der Waals surface area contributed by atoms with Crippen molar-refractivity contribution in [1.29, 1.82) is 0 Å². The molecule has 0 saturated heterocycles. The summed E-state index contributed by atoms with van der Waals surface area (Å²) in [4.78, 5) is 29.9. The first-order valence-electron chi connectivity index (χ1n) is 6.95. The highest BCUT2D eigenvalue weighted by Crippen LogP contribution is 2.34. The van der Waals surface area contributed by atoms with Crippen molar-refractivity contribution in [2.45, 2.75) is 13.0 Å². The first-order valence-corrected chi connectivity index (χ1v) is 7.76. The molecule has 0 bridgehead atoms. The van der Waals surface area contributed by atoms with E-state index in [1.807, 2.05) is 0 Å². The van der Waals surface area contributed by atoms with E-state index in [2.05, 4.69) is 17.3 Å². The summed E-state index contributed by atoms with van der Waals surface area (Å²) in [5, 5.41) is 14.5. The van der Waals surface area contributed by atoms with E-state index in [0.29, 0.717) is 17.0 Å². The second kappa shape index (κ2) is 5.86. The van der Waals surface area contributed by atoms with Gasteiger partial charge in [-0.25, -0.2) is 0 Å². The average Bonchev–Trinajstić information content (AvgIpc) is 2.85. The first-order chi connectivity index (χ1) is 10.6. The van der Waals surface area contributed by atoms with Gasteiger partial charge in [0.2, 0.25) is 0 Å². The third-order valence-corrected chi connectivity index (χ3v) is 4.88. The number of aromatic carboxylic acids is 1. The van der Waals surface area contributed by atoms with Gasteiger partial charge in [0.1, 0.15) is 11.5 Å². The van der Waals surface area contributed by atoms with Gasteiger partial charge >= 0.3 is 0 Å². The van der Waals surface area contributed by atoms with E-state index in [-0.39, 0.29) is 11.5 Å². The number of pyridine rings is 1. The summed E-state index contributed by atoms with van der Waals surface area (Å²) in [5.41, 5.74) is 1.38. The number of thiophene rings is 1. The first kappa shape index (κ1) is 14.7. The van der Waals surface area contributed by atoms with Crippen LogP contribution in [-0.2, 0) is 13.0 Å². The molecule has 1 atom stereocenters. The standard InChI is InChI=1S/C15H15N3O3S/c1-18-7-4-10-11(8-18)22-14(12(10)15(20)21)17-13(19)9-2-5-16-6-3-9/h2-3,5-6H,4,7-8H2,1H3,(H,17,19)(H,20,21). The largest absolute Gasteiger partial charge is 0.545 e. The Kier molecular flexibility index (Phi) is 3.91. The van der Waals surface area contributed by atoms with Gasteiger partial charge in [-0.2, -0.15) is 0 Å². The lowest BCUT2D eigenvalue weighted by Crippen LogP contribution is -3.08. The second-order valence-corrected chi connectivity index (χ2v) is 6.42. The highest BCUT2D eigenvalue weighted by molar-refractivity contribution is 7.17. The van der Waals surface area contributed by atoms with Crippen LogP contribution < -0.4 is 15.3 Å². The molecule has 7 heteroatoms. The minimum absolute atomic E-state index is 0.134. The number of hydrogen-bond acceptors (Lipinski definition) is 5. The van der Waals surface area contributed by atoms with Crippen LogP contribution in [0.25, 0.3) is 0 Å². The van der Waals surface area contributed by atoms with E-state index in [4.69, 9.17) is 0 Å². The van der Waals surface area contributed by atoms with Gasteiger partial charge in [0.05, 0.1) is 24.4 Å². The average molecular weight is 317 g/mol. The minimum Gasteiger partial charge on any atom is -0.545 e. The topological polar surface area (TPSA) is 86.6 Å². The fraction of sp³-hybridized carbons (Fsp3) is 0.267. The van der Waals surface area contributed by atoms with Crippen LogP contribution in [0.5, 0.6) is 0 Å². The maximum absolute atomic E-state index is 12.2. The predicted molar refractivity (Wildman–Crippen MR) is 80.0 cm³/mol. The third kappa shape index (κ3) is 2.72. The van der Waals surface area contributed by atoms with Crippen LogP contribution in [0.4, 0.5) is 5.00 Å². The maximum Gasteiger partial charge on any atom is 0.256 e. The smallest absolute Gasteiger partial charge is 0.256 e. The Morgan fingerprint density at radius 3 is 2.77 bits per heavy atom. The van der Waals surface area contributed by atoms with Crippen molar-refractivity contribution in [3.8, 4) is 0 Å². The van der Waals surface area contributed by atoms with Crippen LogP contribution in [0.2, 0.25) is 0 Å². The van der Waals surface area contributed by atoms with E-state index in [9.17, 15) is 14.7 Å². The Balaban J connectivity index is 1.94. The molecule has 1 aliphatic rings. The Morgan fingerprint density at radius 1 is 1.36 bits per heavy atom. The summed E-state index contributed by atoms with van der Waals surface area (Å²) in [6.45, 7) is 1.65. The molecule has 1 unspecified atom stereocenters. The van der Waals surface area contributed by atoms with Crippen LogP contribution in [0.15, 0.2) is 24.5 Å². The van der Waals surface area contributed by atoms with Crippen molar-refractivity contribution in [3.63, 3.8) is 0 Å². The summed E-state index contributed by atoms with van der Waals surface area (Å²) in [7, 11) is 2.07. The van der Waals surface area contributed by atoms with Gasteiger partial charge in [-0.1, -0.05) is 0 Å². The van der Waals surface area contributed by atoms with Crippen molar-refractivity contribution in [3.05, 3.63) is 46.1 Å². The summed E-state index contributed by atoms with van der Waals surface area (Å²) < 4.78 is 0. The number of rotatable bonds is 3. The fourth-order valence-corrected chi connectivity index (χ4v) is 3.95. The Morgan fingerprint density at radius 2 is 2.09 bits per heavy atom. The quantitative estimate of drug-likeness (QED) is 0.786. The molecule has 3 heterocycles. The van der Waals surface area contributed by atoms with Gasteiger partial charge in [-0.3, -0.25) is 9.78 Å². The molecule has 2 aromatic heterocycles. The van der Waals surface area contributed by atoms with Crippen molar-refractivity contribution < 1.29 is 19.6 Å². The lowest BCUT2D eigenvalue weighted by Gasteiger charge is -2.20. The van der Waals surface area contributed by atoms with Crippen LogP contribution in [0, 0.1) is 0 Å². The highest BCUT2D eigenvalue weighted by Gasteiger charge is 2.26. The van der Waals surface area contributed by atoms with E-state index in [1.54, 1.807) is 12.1 Å². The summed E-state index contributed by atoms with van der Waals surface area (Å²) in [5.74, 6) is -1.58. The number of hydrogen-bond donors (Lipinski definition) is 2. The fourth-order valence-electron chi connectivity index (χ4n) is 2.60. The molecule has 0 aliphatic carbocycles. The molecule has 1 aliphatic heterocycles. The molecule has 6 nitrogen and oxygen atoms in total. The molecular formula is C15H15N3O3S. The number of aromatic nitrogens is 1. The number of amides is 1. The molecule has 114 valence electrons. The lowest BCUT2D eigenvalue weighted by molar-refractivity contribution is -0.895. The zero-order valence-corrected chi connectivity index (χ0v) is 12.8. The summed E-state index contributed by atoms with van der Waals surface area (Å²) in [6, 6.07) is 3.17. The zero-order chi connectivity index (χ0) is 15.7. The van der Waals surface area contributed by atoms with Gasteiger partial charge in [-0.05, 0) is 17.7 Å². The Labute approximate surface area is 131 Å². The van der Waals surface area contributed by atoms with Crippen molar-refractivity contribution in [2.24, 2.45) is 0 Å². The molecule has 22 heavy (non-hydrogen) atoms. The van der Waals surface area contributed by atoms with Crippen LogP contribution in [0.1, 0.15) is 31.2 Å². The van der Waals surface area contributed by atoms with E-state index >= 15 is 0 Å². The molecule has 0 radical (unpaired) electrons. The normalized spacial score (nSPS) is 16.9. The van der Waals surface area contributed by atoms with E-state index in [1.165, 1.54) is 28.6 Å². The van der Waals surface area contributed by atoms with Gasteiger partial charge in [-0.15, -0.1) is 11.3 Å². The molecule has 0 aromatic carbocycles. The maximum atomic E-state index is 12.2. The number of nitrogens with zero attached hydrogens (tertiary/aromatic N) is 1. The SMILES string of the molecule is C[NH+]1CCc2c(sc(NC(=O)c3ccncc3)c2C(=O)[O-])C1. The second-order valence-electron chi connectivity index (χ2n) is 5.32. The molecule has 0 fully saturated rings. The minimum atomic E-state index is -1.23. The van der Waals surface area contributed by atoms with Gasteiger partial charge < -0.3 is 20.1 Å². The van der Waals surface area contributed by atoms with Crippen LogP contribution in [-0.4, -0.2) is 30.5 Å². The van der Waals surface area contributed by atoms with Gasteiger partial charge in [0.25, 0.3) is 5.91 Å². The van der Waals surface area contributed by atoms with Crippen LogP contribution in [0.3, 0.4) is 0 Å². The molecule has 0 saturated carbocycles. The number of fused-ring (bicyclic) bond motifs is 1. The predicted octanol–water partition coefficient (Wildman–Crippen LogP) is -0.670. The van der Waals surface area contributed by atoms with Crippen molar-refractivity contribution in [1.82, 2.24) is 4.98 Å². The zero-order valence-electron chi connectivity index (χ0n) is 12.0. The molecule has 0 spiro atoms. The number of carboxylic acid groups (broad SMARTS) is 1. The van der Waals surface area contributed by atoms with Crippen molar-refractivity contribution in [2.75, 3.05) is 18.9 Å². The summed E-state index contributed by atoms with van der Waals surface area (Å²) in [6.07, 6.45) is 3.73. The number of quaternary nitrogens is 1. The third-order valence-electron chi connectivity index (χ3n) is 3.73. The monoisotopic (exact) mass is 317 g/mol. The summed E-state index contributed by atoms with van der Waals surface area (Å²) >= 11 is 1.33. The van der Waals surface area contributed by atoms with Crippen molar-refractivity contribution >= 4 is 28.2 Å². The Bertz CT molecular complexity index is 727. The number of carbonyl (C=O) groups is 2. The number of carboxylic acids is 1. The van der Waals surface area contributed by atoms with E-state index in [0.717, 1.165) is 23.5 Å². The molecule has 2 N–H and O–H groups in total. The Hall–Kier alpha value is -2.25.